The van der Waals surface area contributed by atoms with Gasteiger partial charge >= 0.3 is 0 Å². The van der Waals surface area contributed by atoms with Gasteiger partial charge in [-0.05, 0) is 61.1 Å². The van der Waals surface area contributed by atoms with Crippen LogP contribution in [-0.2, 0) is 12.8 Å². The molecule has 0 spiro atoms. The molecule has 0 fully saturated rings. The highest BCUT2D eigenvalue weighted by Crippen LogP contribution is 2.30. The van der Waals surface area contributed by atoms with Gasteiger partial charge in [0, 0.05) is 45.4 Å². The number of nitrogens with zero attached hydrogens (tertiary/aromatic N) is 2. The van der Waals surface area contributed by atoms with Crippen molar-refractivity contribution in [3.63, 3.8) is 0 Å². The standard InChI is InChI=1S/C40H40N2/c1-3-5-7-15-21-33-29-41-39-37(35(33)25-23-31-17-11-9-12-18-31)27-28-38-36(26-24-32-19-13-10-14-20-32)34(30-42-40(38)39)22-16-8-6-4-2/h9-14,17-20,27-30H,3-8,15-16,21-22H2,1-2H3. The summed E-state index contributed by atoms with van der Waals surface area (Å²) >= 11 is 0. The summed E-state index contributed by atoms with van der Waals surface area (Å²) in [4.78, 5) is 10.0. The first kappa shape index (κ1) is 29.1. The summed E-state index contributed by atoms with van der Waals surface area (Å²) in [6.07, 6.45) is 15.8. The molecule has 0 aliphatic carbocycles. The molecule has 0 unspecified atom stereocenters. The van der Waals surface area contributed by atoms with Gasteiger partial charge in [-0.2, -0.15) is 0 Å². The minimum Gasteiger partial charge on any atom is -0.254 e. The maximum Gasteiger partial charge on any atom is 0.0977 e. The zero-order valence-electron chi connectivity index (χ0n) is 25.0. The van der Waals surface area contributed by atoms with Crippen molar-refractivity contribution >= 4 is 21.8 Å². The van der Waals surface area contributed by atoms with E-state index in [1.165, 1.54) is 49.7 Å². The van der Waals surface area contributed by atoms with E-state index in [2.05, 4.69) is 73.9 Å². The second kappa shape index (κ2) is 15.0. The molecule has 0 bridgehead atoms. The number of pyridine rings is 2. The Hall–Kier alpha value is -4.40. The molecule has 0 radical (unpaired) electrons. The zero-order chi connectivity index (χ0) is 29.0. The van der Waals surface area contributed by atoms with E-state index in [1.807, 2.05) is 48.8 Å². The summed E-state index contributed by atoms with van der Waals surface area (Å²) in [5, 5.41) is 2.15. The lowest BCUT2D eigenvalue weighted by Crippen LogP contribution is -1.99. The molecule has 0 N–H and O–H groups in total. The summed E-state index contributed by atoms with van der Waals surface area (Å²) in [5.74, 6) is 13.9. The fourth-order valence-electron chi connectivity index (χ4n) is 5.48. The molecule has 2 heteroatoms. The molecule has 5 aromatic rings. The first-order valence-electron chi connectivity index (χ1n) is 15.6. The van der Waals surface area contributed by atoms with E-state index >= 15 is 0 Å². The molecule has 2 aromatic heterocycles. The van der Waals surface area contributed by atoms with Gasteiger partial charge in [0.25, 0.3) is 0 Å². The van der Waals surface area contributed by atoms with Crippen LogP contribution in [0.1, 0.15) is 98.6 Å². The minimum atomic E-state index is 0.905. The van der Waals surface area contributed by atoms with Gasteiger partial charge in [-0.1, -0.05) is 125 Å². The van der Waals surface area contributed by atoms with Crippen molar-refractivity contribution in [1.82, 2.24) is 9.97 Å². The lowest BCUT2D eigenvalue weighted by molar-refractivity contribution is 0.666. The van der Waals surface area contributed by atoms with Crippen LogP contribution in [0, 0.1) is 23.7 Å². The quantitative estimate of drug-likeness (QED) is 0.0986. The fraction of sp³-hybridized carbons (Fsp3) is 0.300. The lowest BCUT2D eigenvalue weighted by Gasteiger charge is -2.13. The van der Waals surface area contributed by atoms with Crippen LogP contribution >= 0.6 is 0 Å². The SMILES string of the molecule is CCCCCCc1cnc2c(ccc3c(C#Cc4ccccc4)c(CCCCCC)cnc32)c1C#Cc1ccccc1. The van der Waals surface area contributed by atoms with Crippen molar-refractivity contribution in [2.45, 2.75) is 78.1 Å². The van der Waals surface area contributed by atoms with Crippen LogP contribution in [0.5, 0.6) is 0 Å². The van der Waals surface area contributed by atoms with E-state index in [-0.39, 0.29) is 0 Å². The van der Waals surface area contributed by atoms with Crippen molar-refractivity contribution < 1.29 is 0 Å². The molecule has 0 saturated heterocycles. The predicted molar refractivity (Wildman–Crippen MR) is 178 cm³/mol. The highest BCUT2D eigenvalue weighted by Gasteiger charge is 2.15. The third-order valence-electron chi connectivity index (χ3n) is 7.84. The second-order valence-electron chi connectivity index (χ2n) is 11.0. The highest BCUT2D eigenvalue weighted by molar-refractivity contribution is 6.07. The molecule has 42 heavy (non-hydrogen) atoms. The Balaban J connectivity index is 1.64. The van der Waals surface area contributed by atoms with Crippen LogP contribution < -0.4 is 0 Å². The van der Waals surface area contributed by atoms with Gasteiger partial charge in [0.1, 0.15) is 0 Å². The van der Waals surface area contributed by atoms with Crippen LogP contribution in [0.15, 0.2) is 85.2 Å². The Morgan fingerprint density at radius 1 is 0.476 bits per heavy atom. The van der Waals surface area contributed by atoms with Gasteiger partial charge in [-0.3, -0.25) is 9.97 Å². The van der Waals surface area contributed by atoms with Gasteiger partial charge in [0.15, 0.2) is 0 Å². The van der Waals surface area contributed by atoms with Crippen molar-refractivity contribution in [2.24, 2.45) is 0 Å². The molecule has 210 valence electrons. The number of aromatic nitrogens is 2. The summed E-state index contributed by atoms with van der Waals surface area (Å²) in [6, 6.07) is 24.9. The molecular formula is C40H40N2. The average molecular weight is 549 g/mol. The zero-order valence-corrected chi connectivity index (χ0v) is 25.0. The number of unbranched alkanes of at least 4 members (excludes halogenated alkanes) is 6. The molecule has 0 amide bonds. The normalized spacial score (nSPS) is 10.7. The molecule has 0 aliphatic rings. The van der Waals surface area contributed by atoms with Crippen LogP contribution in [0.4, 0.5) is 0 Å². The number of benzene rings is 3. The number of hydrogen-bond donors (Lipinski definition) is 0. The predicted octanol–water partition coefficient (Wildman–Crippen LogP) is 9.83. The fourth-order valence-corrected chi connectivity index (χ4v) is 5.48. The number of rotatable bonds is 10. The molecule has 2 heterocycles. The molecule has 0 aliphatic heterocycles. The molecule has 0 atom stereocenters. The third kappa shape index (κ3) is 7.26. The number of fused-ring (bicyclic) bond motifs is 3. The first-order chi connectivity index (χ1) is 20.8. The van der Waals surface area contributed by atoms with Gasteiger partial charge in [-0.25, -0.2) is 0 Å². The topological polar surface area (TPSA) is 25.8 Å². The summed E-state index contributed by atoms with van der Waals surface area (Å²) in [7, 11) is 0. The maximum atomic E-state index is 5.02. The Labute approximate surface area is 251 Å². The van der Waals surface area contributed by atoms with Crippen LogP contribution in [0.2, 0.25) is 0 Å². The summed E-state index contributed by atoms with van der Waals surface area (Å²) in [6.45, 7) is 4.50. The molecule has 0 saturated carbocycles. The Bertz CT molecular complexity index is 1610. The third-order valence-corrected chi connectivity index (χ3v) is 7.84. The maximum absolute atomic E-state index is 5.02. The largest absolute Gasteiger partial charge is 0.254 e. The molecule has 2 nitrogen and oxygen atoms in total. The number of hydrogen-bond acceptors (Lipinski definition) is 2. The van der Waals surface area contributed by atoms with E-state index in [9.17, 15) is 0 Å². The summed E-state index contributed by atoms with van der Waals surface area (Å²) in [5.41, 5.74) is 8.43. The van der Waals surface area contributed by atoms with Gasteiger partial charge in [0.2, 0.25) is 0 Å². The summed E-state index contributed by atoms with van der Waals surface area (Å²) < 4.78 is 0. The Kier molecular flexibility index (Phi) is 10.4. The monoisotopic (exact) mass is 548 g/mol. The van der Waals surface area contributed by atoms with Gasteiger partial charge in [-0.15, -0.1) is 0 Å². The van der Waals surface area contributed by atoms with Crippen LogP contribution in [-0.4, -0.2) is 9.97 Å². The van der Waals surface area contributed by atoms with Crippen LogP contribution in [0.25, 0.3) is 21.8 Å². The van der Waals surface area contributed by atoms with Gasteiger partial charge in [0.05, 0.1) is 11.0 Å². The van der Waals surface area contributed by atoms with Crippen molar-refractivity contribution in [1.29, 1.82) is 0 Å². The lowest BCUT2D eigenvalue weighted by atomic mass is 9.94. The van der Waals surface area contributed by atoms with Crippen molar-refractivity contribution in [3.8, 4) is 23.7 Å². The van der Waals surface area contributed by atoms with Crippen molar-refractivity contribution in [2.75, 3.05) is 0 Å². The van der Waals surface area contributed by atoms with E-state index in [0.29, 0.717) is 0 Å². The second-order valence-corrected chi connectivity index (χ2v) is 11.0. The molecule has 5 rings (SSSR count). The van der Waals surface area contributed by atoms with E-state index < -0.39 is 0 Å². The highest BCUT2D eigenvalue weighted by atomic mass is 14.7. The Morgan fingerprint density at radius 2 is 0.905 bits per heavy atom. The Morgan fingerprint density at radius 3 is 1.31 bits per heavy atom. The number of aryl methyl sites for hydroxylation is 2. The smallest absolute Gasteiger partial charge is 0.0977 e. The van der Waals surface area contributed by atoms with Crippen molar-refractivity contribution in [3.05, 3.63) is 119 Å². The minimum absolute atomic E-state index is 0.905. The van der Waals surface area contributed by atoms with E-state index in [0.717, 1.165) is 69.7 Å². The van der Waals surface area contributed by atoms with Crippen LogP contribution in [0.3, 0.4) is 0 Å². The first-order valence-corrected chi connectivity index (χ1v) is 15.6. The van der Waals surface area contributed by atoms with E-state index in [1.54, 1.807) is 0 Å². The van der Waals surface area contributed by atoms with E-state index in [4.69, 9.17) is 9.97 Å². The van der Waals surface area contributed by atoms with Gasteiger partial charge < -0.3 is 0 Å². The molecular weight excluding hydrogens is 508 g/mol. The molecule has 3 aromatic carbocycles. The average Bonchev–Trinajstić information content (AvgIpc) is 3.04.